The van der Waals surface area contributed by atoms with Crippen LogP contribution in [0.2, 0.25) is 0 Å². The first-order chi connectivity index (χ1) is 15.2. The molecule has 5 rings (SSSR count). The number of rotatable bonds is 7. The minimum absolute atomic E-state index is 0.0816. The summed E-state index contributed by atoms with van der Waals surface area (Å²) in [7, 11) is 1.64. The van der Waals surface area contributed by atoms with Crippen molar-refractivity contribution in [2.75, 3.05) is 23.1 Å². The number of aromatic nitrogens is 2. The van der Waals surface area contributed by atoms with Crippen molar-refractivity contribution in [3.8, 4) is 5.75 Å². The van der Waals surface area contributed by atoms with E-state index in [1.165, 1.54) is 0 Å². The quantitative estimate of drug-likeness (QED) is 0.356. The third kappa shape index (κ3) is 4.44. The lowest BCUT2D eigenvalue weighted by molar-refractivity contribution is -0.117. The van der Waals surface area contributed by atoms with Crippen molar-refractivity contribution in [3.63, 3.8) is 0 Å². The molecule has 1 saturated carbocycles. The number of thiophene rings is 1. The number of hydrogen-bond acceptors (Lipinski definition) is 7. The third-order valence-corrected chi connectivity index (χ3v) is 5.80. The molecule has 2 aromatic carbocycles. The molecule has 2 aromatic heterocycles. The molecule has 0 atom stereocenters. The molecule has 1 aliphatic rings. The van der Waals surface area contributed by atoms with Gasteiger partial charge in [-0.05, 0) is 54.6 Å². The van der Waals surface area contributed by atoms with Crippen molar-refractivity contribution in [2.45, 2.75) is 12.8 Å². The summed E-state index contributed by atoms with van der Waals surface area (Å²) in [6, 6.07) is 17.3. The molecule has 7 nitrogen and oxygen atoms in total. The largest absolute Gasteiger partial charge is 0.497 e. The molecule has 4 aromatic rings. The molecular weight excluding hydrogens is 410 g/mol. The van der Waals surface area contributed by atoms with Crippen LogP contribution in [0, 0.1) is 5.92 Å². The Morgan fingerprint density at radius 1 is 1.00 bits per heavy atom. The van der Waals surface area contributed by atoms with E-state index in [0.29, 0.717) is 11.8 Å². The molecule has 8 heteroatoms. The van der Waals surface area contributed by atoms with Crippen molar-refractivity contribution >= 4 is 56.3 Å². The molecule has 156 valence electrons. The Hall–Kier alpha value is -3.65. The molecular formula is C23H21N5O2S. The van der Waals surface area contributed by atoms with E-state index in [4.69, 9.17) is 9.72 Å². The van der Waals surface area contributed by atoms with Gasteiger partial charge >= 0.3 is 0 Å². The second-order valence-electron chi connectivity index (χ2n) is 7.36. The first-order valence-corrected chi connectivity index (χ1v) is 10.9. The van der Waals surface area contributed by atoms with E-state index in [1.54, 1.807) is 18.4 Å². The number of benzene rings is 2. The fraction of sp³-hybridized carbons (Fsp3) is 0.174. The van der Waals surface area contributed by atoms with Gasteiger partial charge in [0, 0.05) is 29.0 Å². The van der Waals surface area contributed by atoms with Crippen molar-refractivity contribution in [1.82, 2.24) is 9.97 Å². The zero-order chi connectivity index (χ0) is 21.2. The Bertz CT molecular complexity index is 1250. The first-order valence-electron chi connectivity index (χ1n) is 10.0. The number of methoxy groups -OCH3 is 1. The fourth-order valence-electron chi connectivity index (χ4n) is 3.24. The zero-order valence-corrected chi connectivity index (χ0v) is 17.7. The standard InChI is InChI=1S/C23H21N5O2S/c1-30-18-7-3-6-17(13-18)24-20-19-10-11-31-22(19)28-23(27-20)26-16-5-2-4-15(12-16)25-21(29)14-8-9-14/h2-7,10-14H,8-9H2,1H3,(H,25,29)(H2,24,26,27,28). The van der Waals surface area contributed by atoms with E-state index in [9.17, 15) is 4.79 Å². The smallest absolute Gasteiger partial charge is 0.230 e. The van der Waals surface area contributed by atoms with E-state index in [1.807, 2.05) is 60.0 Å². The van der Waals surface area contributed by atoms with Gasteiger partial charge in [-0.25, -0.2) is 4.98 Å². The van der Waals surface area contributed by atoms with Gasteiger partial charge in [0.05, 0.1) is 12.5 Å². The maximum absolute atomic E-state index is 12.1. The summed E-state index contributed by atoms with van der Waals surface area (Å²) in [5.41, 5.74) is 2.44. The highest BCUT2D eigenvalue weighted by molar-refractivity contribution is 7.16. The molecule has 0 spiro atoms. The molecule has 0 aliphatic heterocycles. The minimum Gasteiger partial charge on any atom is -0.497 e. The first kappa shape index (κ1) is 19.3. The van der Waals surface area contributed by atoms with Gasteiger partial charge < -0.3 is 20.7 Å². The Labute approximate surface area is 183 Å². The highest BCUT2D eigenvalue weighted by atomic mass is 32.1. The van der Waals surface area contributed by atoms with E-state index >= 15 is 0 Å². The number of amides is 1. The predicted octanol–water partition coefficient (Wildman–Crippen LogP) is 5.54. The second-order valence-corrected chi connectivity index (χ2v) is 8.26. The summed E-state index contributed by atoms with van der Waals surface area (Å²) < 4.78 is 5.31. The van der Waals surface area contributed by atoms with Gasteiger partial charge in [-0.3, -0.25) is 4.79 Å². The molecule has 2 heterocycles. The van der Waals surface area contributed by atoms with E-state index in [-0.39, 0.29) is 11.8 Å². The number of carbonyl (C=O) groups is 1. The maximum Gasteiger partial charge on any atom is 0.230 e. The lowest BCUT2D eigenvalue weighted by atomic mass is 10.2. The molecule has 31 heavy (non-hydrogen) atoms. The van der Waals surface area contributed by atoms with Crippen molar-refractivity contribution < 1.29 is 9.53 Å². The number of nitrogens with zero attached hydrogens (tertiary/aromatic N) is 2. The number of fused-ring (bicyclic) bond motifs is 1. The molecule has 0 unspecified atom stereocenters. The van der Waals surface area contributed by atoms with E-state index in [0.717, 1.165) is 45.9 Å². The molecule has 1 aliphatic carbocycles. The molecule has 1 fully saturated rings. The van der Waals surface area contributed by atoms with Crippen LogP contribution in [0.1, 0.15) is 12.8 Å². The van der Waals surface area contributed by atoms with Crippen LogP contribution in [-0.4, -0.2) is 23.0 Å². The fourth-order valence-corrected chi connectivity index (χ4v) is 4.00. The van der Waals surface area contributed by atoms with Crippen LogP contribution in [0.25, 0.3) is 10.2 Å². The van der Waals surface area contributed by atoms with Crippen LogP contribution in [-0.2, 0) is 4.79 Å². The Morgan fingerprint density at radius 3 is 2.58 bits per heavy atom. The average Bonchev–Trinajstić information content (AvgIpc) is 3.52. The highest BCUT2D eigenvalue weighted by Gasteiger charge is 2.29. The summed E-state index contributed by atoms with van der Waals surface area (Å²) in [5.74, 6) is 2.19. The maximum atomic E-state index is 12.1. The highest BCUT2D eigenvalue weighted by Crippen LogP contribution is 2.32. The predicted molar refractivity (Wildman–Crippen MR) is 125 cm³/mol. The van der Waals surface area contributed by atoms with Gasteiger partial charge in [-0.15, -0.1) is 11.3 Å². The summed E-state index contributed by atoms with van der Waals surface area (Å²) in [4.78, 5) is 22.3. The normalized spacial score (nSPS) is 13.1. The van der Waals surface area contributed by atoms with Crippen LogP contribution in [0.5, 0.6) is 5.75 Å². The molecule has 1 amide bonds. The molecule has 3 N–H and O–H groups in total. The summed E-state index contributed by atoms with van der Waals surface area (Å²) in [6.07, 6.45) is 1.95. The van der Waals surface area contributed by atoms with Gasteiger partial charge in [0.25, 0.3) is 0 Å². The van der Waals surface area contributed by atoms with Crippen LogP contribution < -0.4 is 20.7 Å². The average molecular weight is 432 g/mol. The summed E-state index contributed by atoms with van der Waals surface area (Å²) in [6.45, 7) is 0. The summed E-state index contributed by atoms with van der Waals surface area (Å²) >= 11 is 1.55. The lowest BCUT2D eigenvalue weighted by Gasteiger charge is -2.12. The van der Waals surface area contributed by atoms with Crippen molar-refractivity contribution in [1.29, 1.82) is 0 Å². The van der Waals surface area contributed by atoms with E-state index < -0.39 is 0 Å². The lowest BCUT2D eigenvalue weighted by Crippen LogP contribution is -2.13. The molecule has 0 radical (unpaired) electrons. The van der Waals surface area contributed by atoms with Crippen LogP contribution in [0.4, 0.5) is 28.8 Å². The number of nitrogens with one attached hydrogen (secondary N) is 3. The Morgan fingerprint density at radius 2 is 1.77 bits per heavy atom. The van der Waals surface area contributed by atoms with Crippen LogP contribution in [0.3, 0.4) is 0 Å². The number of ether oxygens (including phenoxy) is 1. The van der Waals surface area contributed by atoms with Crippen molar-refractivity contribution in [3.05, 3.63) is 60.0 Å². The number of anilines is 5. The van der Waals surface area contributed by atoms with Crippen LogP contribution >= 0.6 is 11.3 Å². The Kier molecular flexibility index (Phi) is 5.13. The van der Waals surface area contributed by atoms with Crippen LogP contribution in [0.15, 0.2) is 60.0 Å². The van der Waals surface area contributed by atoms with Gasteiger partial charge in [0.15, 0.2) is 0 Å². The molecule has 0 saturated heterocycles. The Balaban J connectivity index is 1.41. The van der Waals surface area contributed by atoms with Gasteiger partial charge in [-0.1, -0.05) is 12.1 Å². The second kappa shape index (κ2) is 8.23. The van der Waals surface area contributed by atoms with Gasteiger partial charge in [0.1, 0.15) is 16.4 Å². The number of carbonyl (C=O) groups excluding carboxylic acids is 1. The topological polar surface area (TPSA) is 88.2 Å². The third-order valence-electron chi connectivity index (χ3n) is 4.99. The molecule has 0 bridgehead atoms. The number of hydrogen-bond donors (Lipinski definition) is 3. The van der Waals surface area contributed by atoms with Gasteiger partial charge in [0.2, 0.25) is 11.9 Å². The SMILES string of the molecule is COc1cccc(Nc2nc(Nc3cccc(NC(=O)C4CC4)c3)nc3sccc23)c1. The monoisotopic (exact) mass is 431 g/mol. The van der Waals surface area contributed by atoms with Gasteiger partial charge in [-0.2, -0.15) is 4.98 Å². The summed E-state index contributed by atoms with van der Waals surface area (Å²) in [5, 5.41) is 12.5. The van der Waals surface area contributed by atoms with Crippen molar-refractivity contribution in [2.24, 2.45) is 5.92 Å². The minimum atomic E-state index is 0.0816. The zero-order valence-electron chi connectivity index (χ0n) is 16.9. The van der Waals surface area contributed by atoms with E-state index in [2.05, 4.69) is 20.9 Å².